The van der Waals surface area contributed by atoms with Crippen LogP contribution in [-0.2, 0) is 0 Å². The Labute approximate surface area is 188 Å². The van der Waals surface area contributed by atoms with Gasteiger partial charge in [0.2, 0.25) is 5.95 Å². The quantitative estimate of drug-likeness (QED) is 0.513. The van der Waals surface area contributed by atoms with E-state index in [4.69, 9.17) is 24.9 Å². The molecule has 0 unspecified atom stereocenters. The number of hydrogen-bond donors (Lipinski definition) is 3. The molecule has 0 atom stereocenters. The van der Waals surface area contributed by atoms with Gasteiger partial charge in [0.25, 0.3) is 0 Å². The minimum atomic E-state index is 0.262. The van der Waals surface area contributed by atoms with E-state index in [0.29, 0.717) is 29.0 Å². The number of nitrogens with two attached hydrogens (primary N) is 1. The zero-order valence-corrected chi connectivity index (χ0v) is 18.6. The number of hydrogen-bond acceptors (Lipinski definition) is 8. The molecule has 32 heavy (non-hydrogen) atoms. The molecule has 0 saturated carbocycles. The number of nitrogens with zero attached hydrogens (tertiary/aromatic N) is 2. The van der Waals surface area contributed by atoms with Crippen molar-refractivity contribution in [2.45, 2.75) is 25.9 Å². The normalized spacial score (nSPS) is 14.1. The van der Waals surface area contributed by atoms with Crippen LogP contribution < -0.4 is 30.6 Å². The molecule has 4 rings (SSSR count). The fourth-order valence-electron chi connectivity index (χ4n) is 3.67. The number of benzene rings is 2. The van der Waals surface area contributed by atoms with Gasteiger partial charge in [0.1, 0.15) is 29.2 Å². The molecule has 0 spiro atoms. The zero-order valence-electron chi connectivity index (χ0n) is 18.6. The van der Waals surface area contributed by atoms with Gasteiger partial charge >= 0.3 is 0 Å². The molecule has 2 heterocycles. The molecule has 2 aromatic carbocycles. The monoisotopic (exact) mass is 435 g/mol. The Morgan fingerprint density at radius 1 is 0.938 bits per heavy atom. The molecule has 1 aromatic heterocycles. The second-order valence-corrected chi connectivity index (χ2v) is 7.72. The summed E-state index contributed by atoms with van der Waals surface area (Å²) in [6.07, 6.45) is 2.31. The van der Waals surface area contributed by atoms with Crippen LogP contribution in [0.4, 0.5) is 17.5 Å². The molecular formula is C24H29N5O3. The van der Waals surface area contributed by atoms with E-state index >= 15 is 0 Å². The molecule has 1 aliphatic rings. The average molecular weight is 436 g/mol. The van der Waals surface area contributed by atoms with Gasteiger partial charge in [0, 0.05) is 22.9 Å². The number of nitrogen functional groups attached to an aromatic ring is 1. The van der Waals surface area contributed by atoms with Crippen molar-refractivity contribution in [1.29, 1.82) is 0 Å². The van der Waals surface area contributed by atoms with E-state index in [-0.39, 0.29) is 6.10 Å². The SMILES string of the molecule is COc1cc(OC)cc(-c2nc(Nc3ccc(OC4CCNCC4)cc3)nc(N)c2C)c1. The Kier molecular flexibility index (Phi) is 6.61. The highest BCUT2D eigenvalue weighted by Gasteiger charge is 2.15. The van der Waals surface area contributed by atoms with E-state index in [2.05, 4.69) is 15.6 Å². The summed E-state index contributed by atoms with van der Waals surface area (Å²) in [7, 11) is 3.23. The number of piperidine rings is 1. The highest BCUT2D eigenvalue weighted by molar-refractivity contribution is 5.72. The minimum absolute atomic E-state index is 0.262. The molecular weight excluding hydrogens is 406 g/mol. The van der Waals surface area contributed by atoms with Gasteiger partial charge in [-0.25, -0.2) is 4.98 Å². The molecule has 8 heteroatoms. The summed E-state index contributed by atoms with van der Waals surface area (Å²) in [6.45, 7) is 3.89. The number of rotatable bonds is 7. The van der Waals surface area contributed by atoms with Crippen LogP contribution in [-0.4, -0.2) is 43.4 Å². The topological polar surface area (TPSA) is 104 Å². The molecule has 8 nitrogen and oxygen atoms in total. The molecule has 0 aliphatic carbocycles. The first-order valence-corrected chi connectivity index (χ1v) is 10.7. The predicted molar refractivity (Wildman–Crippen MR) is 126 cm³/mol. The molecule has 0 bridgehead atoms. The van der Waals surface area contributed by atoms with Crippen LogP contribution in [0.5, 0.6) is 17.2 Å². The number of aromatic nitrogens is 2. The van der Waals surface area contributed by atoms with Gasteiger partial charge in [-0.05, 0) is 69.3 Å². The lowest BCUT2D eigenvalue weighted by Gasteiger charge is -2.23. The van der Waals surface area contributed by atoms with Crippen molar-refractivity contribution in [3.8, 4) is 28.5 Å². The Balaban J connectivity index is 1.55. The third-order valence-electron chi connectivity index (χ3n) is 5.51. The number of anilines is 3. The standard InChI is InChI=1S/C24H29N5O3/c1-15-22(16-12-20(30-2)14-21(13-16)31-3)28-24(29-23(15)25)27-17-4-6-18(7-5-17)32-19-8-10-26-11-9-19/h4-7,12-14,19,26H,8-11H2,1-3H3,(H3,25,27,28,29). The van der Waals surface area contributed by atoms with Crippen molar-refractivity contribution in [2.75, 3.05) is 38.4 Å². The largest absolute Gasteiger partial charge is 0.497 e. The Morgan fingerprint density at radius 2 is 1.59 bits per heavy atom. The fourth-order valence-corrected chi connectivity index (χ4v) is 3.67. The number of methoxy groups -OCH3 is 2. The maximum Gasteiger partial charge on any atom is 0.229 e. The number of nitrogens with one attached hydrogen (secondary N) is 2. The highest BCUT2D eigenvalue weighted by atomic mass is 16.5. The molecule has 1 fully saturated rings. The van der Waals surface area contributed by atoms with Gasteiger partial charge in [-0.3, -0.25) is 0 Å². The van der Waals surface area contributed by atoms with E-state index in [1.165, 1.54) is 0 Å². The van der Waals surface area contributed by atoms with Crippen LogP contribution in [0.2, 0.25) is 0 Å². The van der Waals surface area contributed by atoms with E-state index in [1.807, 2.05) is 49.4 Å². The molecule has 168 valence electrons. The van der Waals surface area contributed by atoms with Gasteiger partial charge in [-0.1, -0.05) is 0 Å². The maximum absolute atomic E-state index is 6.20. The van der Waals surface area contributed by atoms with Crippen LogP contribution in [0.25, 0.3) is 11.3 Å². The first-order valence-electron chi connectivity index (χ1n) is 10.7. The molecule has 4 N–H and O–H groups in total. The second kappa shape index (κ2) is 9.74. The average Bonchev–Trinajstić information content (AvgIpc) is 2.82. The molecule has 1 aliphatic heterocycles. The van der Waals surface area contributed by atoms with Crippen LogP contribution in [0.15, 0.2) is 42.5 Å². The van der Waals surface area contributed by atoms with Crippen molar-refractivity contribution in [2.24, 2.45) is 0 Å². The predicted octanol–water partition coefficient (Wildman–Crippen LogP) is 3.93. The van der Waals surface area contributed by atoms with Crippen molar-refractivity contribution in [1.82, 2.24) is 15.3 Å². The van der Waals surface area contributed by atoms with Crippen LogP contribution in [0.3, 0.4) is 0 Å². The Bertz CT molecular complexity index is 1040. The maximum atomic E-state index is 6.20. The minimum Gasteiger partial charge on any atom is -0.497 e. The first kappa shape index (κ1) is 21.7. The third kappa shape index (κ3) is 5.03. The summed E-state index contributed by atoms with van der Waals surface area (Å²) >= 11 is 0. The fraction of sp³-hybridized carbons (Fsp3) is 0.333. The van der Waals surface area contributed by atoms with Crippen molar-refractivity contribution < 1.29 is 14.2 Å². The lowest BCUT2D eigenvalue weighted by molar-refractivity contribution is 0.162. The lowest BCUT2D eigenvalue weighted by atomic mass is 10.1. The van der Waals surface area contributed by atoms with Gasteiger partial charge in [-0.15, -0.1) is 0 Å². The smallest absolute Gasteiger partial charge is 0.229 e. The summed E-state index contributed by atoms with van der Waals surface area (Å²) in [6, 6.07) is 13.4. The summed E-state index contributed by atoms with van der Waals surface area (Å²) < 4.78 is 16.9. The van der Waals surface area contributed by atoms with Crippen LogP contribution >= 0.6 is 0 Å². The van der Waals surface area contributed by atoms with Crippen LogP contribution in [0.1, 0.15) is 18.4 Å². The van der Waals surface area contributed by atoms with E-state index in [1.54, 1.807) is 14.2 Å². The number of ether oxygens (including phenoxy) is 3. The first-order chi connectivity index (χ1) is 15.6. The molecule has 3 aromatic rings. The van der Waals surface area contributed by atoms with Crippen LogP contribution in [0, 0.1) is 6.92 Å². The summed E-state index contributed by atoms with van der Waals surface area (Å²) in [5, 5.41) is 6.59. The Morgan fingerprint density at radius 3 is 2.22 bits per heavy atom. The van der Waals surface area contributed by atoms with Gasteiger partial charge in [0.05, 0.1) is 19.9 Å². The zero-order chi connectivity index (χ0) is 22.5. The molecule has 0 amide bonds. The highest BCUT2D eigenvalue weighted by Crippen LogP contribution is 2.33. The van der Waals surface area contributed by atoms with Crippen molar-refractivity contribution in [3.63, 3.8) is 0 Å². The summed E-state index contributed by atoms with van der Waals surface area (Å²) in [5.41, 5.74) is 9.38. The van der Waals surface area contributed by atoms with Gasteiger partial charge < -0.3 is 30.6 Å². The van der Waals surface area contributed by atoms with E-state index < -0.39 is 0 Å². The molecule has 1 saturated heterocycles. The summed E-state index contributed by atoms with van der Waals surface area (Å²) in [5.74, 6) is 3.03. The van der Waals surface area contributed by atoms with E-state index in [9.17, 15) is 0 Å². The van der Waals surface area contributed by atoms with E-state index in [0.717, 1.165) is 48.5 Å². The van der Waals surface area contributed by atoms with Crippen molar-refractivity contribution in [3.05, 3.63) is 48.0 Å². The van der Waals surface area contributed by atoms with Gasteiger partial charge in [0.15, 0.2) is 0 Å². The Hall–Kier alpha value is -3.52. The lowest BCUT2D eigenvalue weighted by Crippen LogP contribution is -2.34. The summed E-state index contributed by atoms with van der Waals surface area (Å²) in [4.78, 5) is 9.12. The second-order valence-electron chi connectivity index (χ2n) is 7.72. The van der Waals surface area contributed by atoms with Crippen molar-refractivity contribution >= 4 is 17.5 Å². The molecule has 0 radical (unpaired) electrons. The third-order valence-corrected chi connectivity index (χ3v) is 5.51. The van der Waals surface area contributed by atoms with Gasteiger partial charge in [-0.2, -0.15) is 4.98 Å².